The minimum Gasteiger partial charge on any atom is -0.493 e. The predicted molar refractivity (Wildman–Crippen MR) is 109 cm³/mol. The maximum Gasteiger partial charge on any atom is 0.203 e. The minimum absolute atomic E-state index is 0.149. The number of para-hydroxylation sites is 1. The van der Waals surface area contributed by atoms with Crippen LogP contribution in [-0.4, -0.2) is 62.4 Å². The first-order valence-corrected chi connectivity index (χ1v) is 10.4. The predicted octanol–water partition coefficient (Wildman–Crippen LogP) is 3.30. The number of benzene rings is 1. The van der Waals surface area contributed by atoms with Crippen molar-refractivity contribution in [1.82, 2.24) is 4.90 Å². The third kappa shape index (κ3) is 6.67. The van der Waals surface area contributed by atoms with Gasteiger partial charge in [0.25, 0.3) is 0 Å². The van der Waals surface area contributed by atoms with Crippen molar-refractivity contribution in [1.29, 1.82) is 0 Å². The molecule has 2 rings (SSSR count). The summed E-state index contributed by atoms with van der Waals surface area (Å²) in [6, 6.07) is 5.40. The van der Waals surface area contributed by atoms with E-state index in [1.165, 1.54) is 19.3 Å². The molecule has 0 spiro atoms. The van der Waals surface area contributed by atoms with Gasteiger partial charge in [-0.1, -0.05) is 32.3 Å². The number of nitrogens with zero attached hydrogens (tertiary/aromatic N) is 1. The van der Waals surface area contributed by atoms with Crippen LogP contribution >= 0.6 is 0 Å². The minimum atomic E-state index is -0.652. The number of ketones is 1. The number of aliphatic hydroxyl groups is 1. The second-order valence-electron chi connectivity index (χ2n) is 7.40. The number of carbonyl (C=O) groups is 1. The van der Waals surface area contributed by atoms with Crippen molar-refractivity contribution in [3.8, 4) is 17.2 Å². The summed E-state index contributed by atoms with van der Waals surface area (Å²) >= 11 is 0. The van der Waals surface area contributed by atoms with E-state index in [2.05, 4.69) is 4.90 Å². The van der Waals surface area contributed by atoms with Crippen LogP contribution in [0.3, 0.4) is 0 Å². The van der Waals surface area contributed by atoms with Crippen LogP contribution in [-0.2, 0) is 4.79 Å². The van der Waals surface area contributed by atoms with Crippen LogP contribution in [0.25, 0.3) is 0 Å². The van der Waals surface area contributed by atoms with Gasteiger partial charge >= 0.3 is 0 Å². The number of Topliss-reactive ketones (excluding diaryl/α,β-unsaturated/α-hetero) is 1. The number of carbonyl (C=O) groups excluding carboxylic acids is 1. The first kappa shape index (κ1) is 22.5. The van der Waals surface area contributed by atoms with Crippen LogP contribution in [0.15, 0.2) is 18.2 Å². The van der Waals surface area contributed by atoms with Crippen LogP contribution < -0.4 is 14.2 Å². The fourth-order valence-corrected chi connectivity index (χ4v) is 3.78. The normalized spacial score (nSPS) is 16.0. The number of hydrogen-bond donors (Lipinski definition) is 1. The van der Waals surface area contributed by atoms with Gasteiger partial charge in [-0.25, -0.2) is 0 Å². The van der Waals surface area contributed by atoms with E-state index in [1.807, 2.05) is 13.0 Å². The molecular weight excluding hydrogens is 358 g/mol. The quantitative estimate of drug-likeness (QED) is 0.588. The van der Waals surface area contributed by atoms with Crippen molar-refractivity contribution < 1.29 is 24.1 Å². The molecule has 0 heterocycles. The van der Waals surface area contributed by atoms with E-state index in [-0.39, 0.29) is 12.5 Å². The van der Waals surface area contributed by atoms with E-state index >= 15 is 0 Å². The Morgan fingerprint density at radius 3 is 2.54 bits per heavy atom. The molecule has 1 fully saturated rings. The third-order valence-electron chi connectivity index (χ3n) is 5.45. The summed E-state index contributed by atoms with van der Waals surface area (Å²) in [5.74, 6) is 2.27. The summed E-state index contributed by atoms with van der Waals surface area (Å²) in [5, 5.41) is 10.4. The number of ether oxygens (including phenoxy) is 3. The summed E-state index contributed by atoms with van der Waals surface area (Å²) in [4.78, 5) is 14.5. The van der Waals surface area contributed by atoms with E-state index in [0.29, 0.717) is 42.5 Å². The molecule has 1 unspecified atom stereocenters. The maximum absolute atomic E-state index is 12.4. The van der Waals surface area contributed by atoms with Gasteiger partial charge in [0.1, 0.15) is 18.5 Å². The van der Waals surface area contributed by atoms with Crippen LogP contribution in [0.2, 0.25) is 0 Å². The zero-order valence-corrected chi connectivity index (χ0v) is 17.5. The molecule has 1 aliphatic rings. The first-order chi connectivity index (χ1) is 13.6. The van der Waals surface area contributed by atoms with Crippen LogP contribution in [0.4, 0.5) is 0 Å². The molecule has 0 bridgehead atoms. The fraction of sp³-hybridized carbons (Fsp3) is 0.682. The molecule has 1 saturated carbocycles. The average Bonchev–Trinajstić information content (AvgIpc) is 2.74. The Hall–Kier alpha value is -1.79. The van der Waals surface area contributed by atoms with Gasteiger partial charge in [0.15, 0.2) is 11.5 Å². The summed E-state index contributed by atoms with van der Waals surface area (Å²) < 4.78 is 16.4. The number of methoxy groups -OCH3 is 2. The molecule has 28 heavy (non-hydrogen) atoms. The molecule has 1 atom stereocenters. The lowest BCUT2D eigenvalue weighted by atomic mass is 9.85. The molecule has 158 valence electrons. The summed E-state index contributed by atoms with van der Waals surface area (Å²) in [5.41, 5.74) is 0. The Bertz CT molecular complexity index is 601. The van der Waals surface area contributed by atoms with E-state index in [1.54, 1.807) is 26.4 Å². The number of likely N-dealkylation sites (N-methyl/N-ethyl adjacent to an activating group) is 1. The lowest BCUT2D eigenvalue weighted by Crippen LogP contribution is -2.37. The molecule has 1 aromatic carbocycles. The van der Waals surface area contributed by atoms with E-state index in [0.717, 1.165) is 19.4 Å². The van der Waals surface area contributed by atoms with E-state index < -0.39 is 6.10 Å². The smallest absolute Gasteiger partial charge is 0.203 e. The highest BCUT2D eigenvalue weighted by Crippen LogP contribution is 2.36. The molecule has 6 heteroatoms. The third-order valence-corrected chi connectivity index (χ3v) is 5.45. The van der Waals surface area contributed by atoms with Crippen molar-refractivity contribution in [3.63, 3.8) is 0 Å². The monoisotopic (exact) mass is 393 g/mol. The number of aliphatic hydroxyl groups excluding tert-OH is 1. The molecule has 0 aromatic heterocycles. The highest BCUT2D eigenvalue weighted by molar-refractivity contribution is 5.81. The molecular formula is C22H35NO5. The van der Waals surface area contributed by atoms with Crippen LogP contribution in [0.1, 0.15) is 45.4 Å². The van der Waals surface area contributed by atoms with Crippen LogP contribution in [0, 0.1) is 5.92 Å². The van der Waals surface area contributed by atoms with Crippen molar-refractivity contribution in [2.75, 3.05) is 40.5 Å². The van der Waals surface area contributed by atoms with Crippen molar-refractivity contribution in [2.45, 2.75) is 51.6 Å². The Morgan fingerprint density at radius 1 is 1.18 bits per heavy atom. The standard InChI is InChI=1S/C22H35NO5/c1-4-23(14-13-19(25)17-9-6-5-7-10-17)15-18(24)16-28-21-12-8-11-20(26-2)22(21)27-3/h8,11-12,17-18,24H,4-7,9-10,13-16H2,1-3H3. The maximum atomic E-state index is 12.4. The molecule has 1 aliphatic carbocycles. The Kier molecular flexibility index (Phi) is 9.58. The van der Waals surface area contributed by atoms with Gasteiger partial charge in [0.05, 0.1) is 14.2 Å². The van der Waals surface area contributed by atoms with Gasteiger partial charge in [-0.15, -0.1) is 0 Å². The lowest BCUT2D eigenvalue weighted by Gasteiger charge is -2.25. The average molecular weight is 394 g/mol. The number of hydrogen-bond acceptors (Lipinski definition) is 6. The van der Waals surface area contributed by atoms with Crippen molar-refractivity contribution >= 4 is 5.78 Å². The SMILES string of the molecule is CCN(CCC(=O)C1CCCCC1)CC(O)COc1cccc(OC)c1OC. The second-order valence-corrected chi connectivity index (χ2v) is 7.40. The fourth-order valence-electron chi connectivity index (χ4n) is 3.78. The molecule has 1 N–H and O–H groups in total. The Labute approximate surface area is 168 Å². The van der Waals surface area contributed by atoms with Gasteiger partial charge in [0.2, 0.25) is 5.75 Å². The van der Waals surface area contributed by atoms with Gasteiger partial charge in [-0.2, -0.15) is 0 Å². The largest absolute Gasteiger partial charge is 0.493 e. The molecule has 1 aromatic rings. The van der Waals surface area contributed by atoms with Gasteiger partial charge in [-0.3, -0.25) is 4.79 Å². The zero-order valence-electron chi connectivity index (χ0n) is 17.5. The van der Waals surface area contributed by atoms with E-state index in [9.17, 15) is 9.90 Å². The van der Waals surface area contributed by atoms with Crippen molar-refractivity contribution in [2.24, 2.45) is 5.92 Å². The highest BCUT2D eigenvalue weighted by atomic mass is 16.5. The highest BCUT2D eigenvalue weighted by Gasteiger charge is 2.22. The first-order valence-electron chi connectivity index (χ1n) is 10.4. The Balaban J connectivity index is 1.79. The zero-order chi connectivity index (χ0) is 20.4. The van der Waals surface area contributed by atoms with Gasteiger partial charge in [0, 0.05) is 25.4 Å². The lowest BCUT2D eigenvalue weighted by molar-refractivity contribution is -0.124. The molecule has 0 aliphatic heterocycles. The van der Waals surface area contributed by atoms with Crippen LogP contribution in [0.5, 0.6) is 17.2 Å². The molecule has 0 radical (unpaired) electrons. The Morgan fingerprint density at radius 2 is 1.89 bits per heavy atom. The molecule has 6 nitrogen and oxygen atoms in total. The molecule has 0 amide bonds. The summed E-state index contributed by atoms with van der Waals surface area (Å²) in [6.07, 6.45) is 5.62. The topological polar surface area (TPSA) is 68.2 Å². The van der Waals surface area contributed by atoms with Crippen molar-refractivity contribution in [3.05, 3.63) is 18.2 Å². The summed E-state index contributed by atoms with van der Waals surface area (Å²) in [7, 11) is 3.13. The molecule has 0 saturated heterocycles. The number of rotatable bonds is 12. The van der Waals surface area contributed by atoms with E-state index in [4.69, 9.17) is 14.2 Å². The van der Waals surface area contributed by atoms with Gasteiger partial charge in [-0.05, 0) is 31.5 Å². The van der Waals surface area contributed by atoms with Gasteiger partial charge < -0.3 is 24.2 Å². The summed E-state index contributed by atoms with van der Waals surface area (Å²) in [6.45, 7) is 4.14. The second kappa shape index (κ2) is 11.9.